The molecule has 0 spiro atoms. The van der Waals surface area contributed by atoms with Crippen molar-refractivity contribution in [3.8, 4) is 0 Å². The molecule has 138 valence electrons. The number of hydrogen-bond acceptors (Lipinski definition) is 3. The largest absolute Gasteiger partial charge is 0.332 e. The molecular weight excluding hydrogens is 398 g/mol. The molecular formula is C19H22BrN3O3. The zero-order valence-electron chi connectivity index (χ0n) is 14.9. The van der Waals surface area contributed by atoms with E-state index < -0.39 is 0 Å². The summed E-state index contributed by atoms with van der Waals surface area (Å²) in [7, 11) is 0. The van der Waals surface area contributed by atoms with Gasteiger partial charge in [0.2, 0.25) is 11.8 Å². The monoisotopic (exact) mass is 419 g/mol. The number of carbonyl (C=O) groups is 2. The Kier molecular flexibility index (Phi) is 7.15. The van der Waals surface area contributed by atoms with Gasteiger partial charge in [0.25, 0.3) is 5.56 Å². The summed E-state index contributed by atoms with van der Waals surface area (Å²) in [5.74, 6) is -0.533. The van der Waals surface area contributed by atoms with Crippen LogP contribution in [0.2, 0.25) is 0 Å². The number of pyridine rings is 1. The summed E-state index contributed by atoms with van der Waals surface area (Å²) in [5, 5.41) is 2.83. The number of carbonyl (C=O) groups excluding carboxylic acids is 2. The molecule has 0 fully saturated rings. The predicted octanol–water partition coefficient (Wildman–Crippen LogP) is 2.80. The second-order valence-electron chi connectivity index (χ2n) is 5.99. The predicted molar refractivity (Wildman–Crippen MR) is 105 cm³/mol. The van der Waals surface area contributed by atoms with Crippen molar-refractivity contribution in [3.63, 3.8) is 0 Å². The number of para-hydroxylation sites is 1. The summed E-state index contributed by atoms with van der Waals surface area (Å²) < 4.78 is 2.04. The Morgan fingerprint density at radius 2 is 1.92 bits per heavy atom. The molecule has 0 saturated carbocycles. The average Bonchev–Trinajstić information content (AvgIpc) is 2.59. The van der Waals surface area contributed by atoms with Gasteiger partial charge in [-0.25, -0.2) is 0 Å². The maximum atomic E-state index is 12.6. The first-order chi connectivity index (χ1) is 12.4. The average molecular weight is 420 g/mol. The standard InChI is InChI=1S/C19H22BrN3O3/c1-3-10-22(12-17(24)21-16-7-5-4-6-14(16)2)19(26)13-23-11-15(20)8-9-18(23)25/h4-9,11H,3,10,12-13H2,1-2H3,(H,21,24). The topological polar surface area (TPSA) is 71.4 Å². The van der Waals surface area contributed by atoms with Gasteiger partial charge in [0.1, 0.15) is 6.54 Å². The Balaban J connectivity index is 2.06. The molecule has 2 amide bonds. The number of aryl methyl sites for hydroxylation is 1. The molecule has 7 heteroatoms. The van der Waals surface area contributed by atoms with E-state index in [1.165, 1.54) is 15.5 Å². The van der Waals surface area contributed by atoms with Crippen LogP contribution in [0.25, 0.3) is 0 Å². The summed E-state index contributed by atoms with van der Waals surface area (Å²) in [6.07, 6.45) is 2.29. The summed E-state index contributed by atoms with van der Waals surface area (Å²) in [4.78, 5) is 38.3. The molecule has 1 N–H and O–H groups in total. The Bertz CT molecular complexity index is 848. The van der Waals surface area contributed by atoms with Gasteiger partial charge >= 0.3 is 0 Å². The number of nitrogens with one attached hydrogen (secondary N) is 1. The van der Waals surface area contributed by atoms with Crippen LogP contribution < -0.4 is 10.9 Å². The van der Waals surface area contributed by atoms with Gasteiger partial charge in [0.05, 0.1) is 6.54 Å². The third-order valence-electron chi connectivity index (χ3n) is 3.85. The van der Waals surface area contributed by atoms with Gasteiger partial charge in [0, 0.05) is 29.0 Å². The number of hydrogen-bond donors (Lipinski definition) is 1. The summed E-state index contributed by atoms with van der Waals surface area (Å²) in [6, 6.07) is 10.5. The third-order valence-corrected chi connectivity index (χ3v) is 4.32. The van der Waals surface area contributed by atoms with Crippen molar-refractivity contribution < 1.29 is 9.59 Å². The van der Waals surface area contributed by atoms with Crippen LogP contribution in [0.5, 0.6) is 0 Å². The second kappa shape index (κ2) is 9.33. The highest BCUT2D eigenvalue weighted by Gasteiger charge is 2.18. The first-order valence-electron chi connectivity index (χ1n) is 8.40. The number of aromatic nitrogens is 1. The number of anilines is 1. The molecule has 2 rings (SSSR count). The van der Waals surface area contributed by atoms with Crippen molar-refractivity contribution >= 4 is 33.4 Å². The molecule has 0 saturated heterocycles. The maximum absolute atomic E-state index is 12.6. The first-order valence-corrected chi connectivity index (χ1v) is 9.19. The van der Waals surface area contributed by atoms with Crippen LogP contribution in [0.15, 0.2) is 51.9 Å². The van der Waals surface area contributed by atoms with E-state index in [0.717, 1.165) is 17.7 Å². The minimum absolute atomic E-state index is 0.0518. The van der Waals surface area contributed by atoms with Crippen molar-refractivity contribution in [1.82, 2.24) is 9.47 Å². The molecule has 0 radical (unpaired) electrons. The lowest BCUT2D eigenvalue weighted by molar-refractivity contribution is -0.135. The molecule has 1 heterocycles. The van der Waals surface area contributed by atoms with E-state index in [2.05, 4.69) is 21.2 Å². The minimum atomic E-state index is -0.271. The van der Waals surface area contributed by atoms with E-state index in [9.17, 15) is 14.4 Å². The van der Waals surface area contributed by atoms with Crippen molar-refractivity contribution in [2.24, 2.45) is 0 Å². The van der Waals surface area contributed by atoms with Gasteiger partial charge in [0.15, 0.2) is 0 Å². The Morgan fingerprint density at radius 3 is 2.62 bits per heavy atom. The fourth-order valence-corrected chi connectivity index (χ4v) is 2.89. The van der Waals surface area contributed by atoms with E-state index in [1.807, 2.05) is 38.1 Å². The molecule has 0 unspecified atom stereocenters. The quantitative estimate of drug-likeness (QED) is 0.749. The highest BCUT2D eigenvalue weighted by Crippen LogP contribution is 2.13. The third kappa shape index (κ3) is 5.56. The lowest BCUT2D eigenvalue weighted by atomic mass is 10.2. The number of nitrogens with zero attached hydrogens (tertiary/aromatic N) is 2. The van der Waals surface area contributed by atoms with Gasteiger partial charge in [-0.1, -0.05) is 25.1 Å². The van der Waals surface area contributed by atoms with Crippen LogP contribution in [0, 0.1) is 6.92 Å². The highest BCUT2D eigenvalue weighted by molar-refractivity contribution is 9.10. The zero-order valence-corrected chi connectivity index (χ0v) is 16.5. The van der Waals surface area contributed by atoms with Gasteiger partial charge in [-0.3, -0.25) is 14.4 Å². The number of benzene rings is 1. The fourth-order valence-electron chi connectivity index (χ4n) is 2.51. The smallest absolute Gasteiger partial charge is 0.251 e. The lowest BCUT2D eigenvalue weighted by Gasteiger charge is -2.22. The molecule has 0 aliphatic rings. The summed E-state index contributed by atoms with van der Waals surface area (Å²) in [6.45, 7) is 4.14. The van der Waals surface area contributed by atoms with Crippen LogP contribution in [0.4, 0.5) is 5.69 Å². The molecule has 0 atom stereocenters. The van der Waals surface area contributed by atoms with Crippen LogP contribution in [0.1, 0.15) is 18.9 Å². The highest BCUT2D eigenvalue weighted by atomic mass is 79.9. The lowest BCUT2D eigenvalue weighted by Crippen LogP contribution is -2.41. The SMILES string of the molecule is CCCN(CC(=O)Nc1ccccc1C)C(=O)Cn1cc(Br)ccc1=O. The van der Waals surface area contributed by atoms with Crippen molar-refractivity contribution in [1.29, 1.82) is 0 Å². The molecule has 26 heavy (non-hydrogen) atoms. The Hall–Kier alpha value is -2.41. The number of halogens is 1. The van der Waals surface area contributed by atoms with Crippen molar-refractivity contribution in [2.75, 3.05) is 18.4 Å². The molecule has 0 aliphatic carbocycles. The van der Waals surface area contributed by atoms with Gasteiger partial charge < -0.3 is 14.8 Å². The van der Waals surface area contributed by atoms with Gasteiger partial charge in [-0.15, -0.1) is 0 Å². The van der Waals surface area contributed by atoms with E-state index in [4.69, 9.17) is 0 Å². The molecule has 2 aromatic rings. The first kappa shape index (κ1) is 19.9. The van der Waals surface area contributed by atoms with Crippen molar-refractivity contribution in [2.45, 2.75) is 26.8 Å². The molecule has 0 aliphatic heterocycles. The summed E-state index contributed by atoms with van der Waals surface area (Å²) in [5.41, 5.74) is 1.42. The normalized spacial score (nSPS) is 10.4. The van der Waals surface area contributed by atoms with E-state index in [0.29, 0.717) is 11.0 Å². The van der Waals surface area contributed by atoms with Crippen LogP contribution in [-0.2, 0) is 16.1 Å². The zero-order chi connectivity index (χ0) is 19.1. The minimum Gasteiger partial charge on any atom is -0.332 e. The van der Waals surface area contributed by atoms with Gasteiger partial charge in [-0.2, -0.15) is 0 Å². The molecule has 6 nitrogen and oxygen atoms in total. The maximum Gasteiger partial charge on any atom is 0.251 e. The fraction of sp³-hybridized carbons (Fsp3) is 0.316. The summed E-state index contributed by atoms with van der Waals surface area (Å²) >= 11 is 3.29. The van der Waals surface area contributed by atoms with Crippen LogP contribution >= 0.6 is 15.9 Å². The Morgan fingerprint density at radius 1 is 1.19 bits per heavy atom. The second-order valence-corrected chi connectivity index (χ2v) is 6.91. The molecule has 1 aromatic heterocycles. The van der Waals surface area contributed by atoms with E-state index in [-0.39, 0.29) is 30.5 Å². The van der Waals surface area contributed by atoms with E-state index in [1.54, 1.807) is 12.3 Å². The molecule has 1 aromatic carbocycles. The number of amides is 2. The Labute approximate surface area is 160 Å². The van der Waals surface area contributed by atoms with E-state index >= 15 is 0 Å². The van der Waals surface area contributed by atoms with Crippen LogP contribution in [0.3, 0.4) is 0 Å². The van der Waals surface area contributed by atoms with Gasteiger partial charge in [-0.05, 0) is 47.0 Å². The number of rotatable bonds is 7. The van der Waals surface area contributed by atoms with Crippen LogP contribution in [-0.4, -0.2) is 34.4 Å². The molecule has 0 bridgehead atoms. The van der Waals surface area contributed by atoms with Crippen molar-refractivity contribution in [3.05, 3.63) is 63.0 Å².